The maximum Gasteiger partial charge on any atom is 0.185 e. The zero-order valence-corrected chi connectivity index (χ0v) is 12.6. The van der Waals surface area contributed by atoms with Crippen molar-refractivity contribution in [3.63, 3.8) is 0 Å². The Morgan fingerprint density at radius 2 is 2.15 bits per heavy atom. The molecule has 1 aromatic carbocycles. The van der Waals surface area contributed by atoms with Gasteiger partial charge in [0.1, 0.15) is 0 Å². The van der Waals surface area contributed by atoms with Crippen molar-refractivity contribution >= 4 is 16.5 Å². The molecule has 3 nitrogen and oxygen atoms in total. The average molecular weight is 288 g/mol. The van der Waals surface area contributed by atoms with Crippen molar-refractivity contribution < 1.29 is 5.11 Å². The molecule has 0 radical (unpaired) electrons. The molecule has 0 saturated heterocycles. The number of benzene rings is 1. The Morgan fingerprint density at radius 1 is 1.35 bits per heavy atom. The molecule has 1 unspecified atom stereocenters. The molecule has 1 aliphatic carbocycles. The van der Waals surface area contributed by atoms with Crippen LogP contribution < -0.4 is 4.90 Å². The molecule has 1 aromatic heterocycles. The first kappa shape index (κ1) is 13.6. The van der Waals surface area contributed by atoms with Gasteiger partial charge in [0.15, 0.2) is 5.13 Å². The summed E-state index contributed by atoms with van der Waals surface area (Å²) in [6.45, 7) is 0.951. The molecule has 2 aromatic rings. The van der Waals surface area contributed by atoms with Crippen LogP contribution in [0.25, 0.3) is 0 Å². The highest BCUT2D eigenvalue weighted by atomic mass is 32.1. The van der Waals surface area contributed by atoms with Gasteiger partial charge in [-0.05, 0) is 31.2 Å². The van der Waals surface area contributed by atoms with Crippen LogP contribution in [-0.4, -0.2) is 23.7 Å². The number of thiazole rings is 1. The smallest absolute Gasteiger partial charge is 0.185 e. The van der Waals surface area contributed by atoms with E-state index in [-0.39, 0.29) is 6.10 Å². The second-order valence-electron chi connectivity index (χ2n) is 5.37. The fourth-order valence-electron chi connectivity index (χ4n) is 2.58. The average Bonchev–Trinajstić information content (AvgIpc) is 2.91. The number of hydrogen-bond donors (Lipinski definition) is 1. The van der Waals surface area contributed by atoms with E-state index in [0.29, 0.717) is 0 Å². The van der Waals surface area contributed by atoms with E-state index in [4.69, 9.17) is 4.98 Å². The summed E-state index contributed by atoms with van der Waals surface area (Å²) in [7, 11) is 2.08. The third kappa shape index (κ3) is 2.86. The molecule has 1 heterocycles. The molecule has 4 heteroatoms. The van der Waals surface area contributed by atoms with Crippen molar-refractivity contribution in [3.05, 3.63) is 46.5 Å². The lowest BCUT2D eigenvalue weighted by atomic mass is 10.0. The second kappa shape index (κ2) is 5.94. The lowest BCUT2D eigenvalue weighted by Crippen LogP contribution is -2.20. The summed E-state index contributed by atoms with van der Waals surface area (Å²) in [4.78, 5) is 7.98. The zero-order chi connectivity index (χ0) is 13.9. The van der Waals surface area contributed by atoms with Crippen molar-refractivity contribution in [2.45, 2.75) is 31.8 Å². The van der Waals surface area contributed by atoms with Crippen LogP contribution in [0.1, 0.15) is 35.1 Å². The van der Waals surface area contributed by atoms with Gasteiger partial charge >= 0.3 is 0 Å². The number of nitrogens with zero attached hydrogens (tertiary/aromatic N) is 2. The molecule has 1 aliphatic rings. The third-order valence-electron chi connectivity index (χ3n) is 3.82. The van der Waals surface area contributed by atoms with Gasteiger partial charge in [0.2, 0.25) is 0 Å². The molecule has 106 valence electrons. The number of aliphatic hydroxyl groups is 1. The first-order chi connectivity index (χ1) is 9.74. The summed E-state index contributed by atoms with van der Waals surface area (Å²) in [6, 6.07) is 10.5. The van der Waals surface area contributed by atoms with Crippen LogP contribution in [0.5, 0.6) is 0 Å². The molecule has 0 saturated carbocycles. The maximum absolute atomic E-state index is 10.0. The molecule has 20 heavy (non-hydrogen) atoms. The SMILES string of the molecule is CN(CCc1ccccc1)c1nc2c(s1)C(O)CCC2. The number of likely N-dealkylation sites (N-methyl/N-ethyl adjacent to an activating group) is 1. The lowest BCUT2D eigenvalue weighted by molar-refractivity contribution is 0.160. The van der Waals surface area contributed by atoms with Crippen molar-refractivity contribution in [2.75, 3.05) is 18.5 Å². The lowest BCUT2D eigenvalue weighted by Gasteiger charge is -2.15. The zero-order valence-electron chi connectivity index (χ0n) is 11.7. The Bertz CT molecular complexity index is 567. The van der Waals surface area contributed by atoms with Crippen molar-refractivity contribution in [1.82, 2.24) is 4.98 Å². The second-order valence-corrected chi connectivity index (χ2v) is 6.38. The minimum absolute atomic E-state index is 0.299. The van der Waals surface area contributed by atoms with Crippen LogP contribution in [-0.2, 0) is 12.8 Å². The number of fused-ring (bicyclic) bond motifs is 1. The maximum atomic E-state index is 10.0. The van der Waals surface area contributed by atoms with E-state index in [1.165, 1.54) is 5.56 Å². The first-order valence-electron chi connectivity index (χ1n) is 7.17. The Labute approximate surface area is 123 Å². The number of aliphatic hydroxyl groups excluding tert-OH is 1. The summed E-state index contributed by atoms with van der Waals surface area (Å²) >= 11 is 1.65. The molecular weight excluding hydrogens is 268 g/mol. The van der Waals surface area contributed by atoms with E-state index in [9.17, 15) is 5.11 Å². The molecule has 1 atom stereocenters. The number of anilines is 1. The number of hydrogen-bond acceptors (Lipinski definition) is 4. The van der Waals surface area contributed by atoms with Gasteiger partial charge < -0.3 is 10.0 Å². The summed E-state index contributed by atoms with van der Waals surface area (Å²) < 4.78 is 0. The Kier molecular flexibility index (Phi) is 4.03. The minimum atomic E-state index is -0.299. The van der Waals surface area contributed by atoms with Crippen LogP contribution in [0, 0.1) is 0 Å². The van der Waals surface area contributed by atoms with Gasteiger partial charge in [0.05, 0.1) is 16.7 Å². The Hall–Kier alpha value is -1.39. The molecule has 0 fully saturated rings. The summed E-state index contributed by atoms with van der Waals surface area (Å²) in [5, 5.41) is 11.1. The topological polar surface area (TPSA) is 36.4 Å². The highest BCUT2D eigenvalue weighted by Gasteiger charge is 2.23. The number of aryl methyl sites for hydroxylation is 1. The van der Waals surface area contributed by atoms with E-state index < -0.39 is 0 Å². The van der Waals surface area contributed by atoms with Crippen molar-refractivity contribution in [2.24, 2.45) is 0 Å². The fourth-order valence-corrected chi connectivity index (χ4v) is 3.70. The summed E-state index contributed by atoms with van der Waals surface area (Å²) in [6.07, 6.45) is 3.65. The van der Waals surface area contributed by atoms with E-state index in [0.717, 1.165) is 47.9 Å². The van der Waals surface area contributed by atoms with E-state index in [1.54, 1.807) is 11.3 Å². The van der Waals surface area contributed by atoms with Crippen LogP contribution >= 0.6 is 11.3 Å². The van der Waals surface area contributed by atoms with Crippen molar-refractivity contribution in [3.8, 4) is 0 Å². The number of rotatable bonds is 4. The monoisotopic (exact) mass is 288 g/mol. The first-order valence-corrected chi connectivity index (χ1v) is 7.98. The predicted molar refractivity (Wildman–Crippen MR) is 83.4 cm³/mol. The van der Waals surface area contributed by atoms with Crippen LogP contribution in [0.3, 0.4) is 0 Å². The normalized spacial score (nSPS) is 17.8. The van der Waals surface area contributed by atoms with Gasteiger partial charge in [-0.3, -0.25) is 0 Å². The predicted octanol–water partition coefficient (Wildman–Crippen LogP) is 3.19. The van der Waals surface area contributed by atoms with Gasteiger partial charge in [-0.15, -0.1) is 0 Å². The van der Waals surface area contributed by atoms with E-state index >= 15 is 0 Å². The molecule has 0 bridgehead atoms. The summed E-state index contributed by atoms with van der Waals surface area (Å²) in [5.41, 5.74) is 2.45. The Morgan fingerprint density at radius 3 is 2.90 bits per heavy atom. The highest BCUT2D eigenvalue weighted by molar-refractivity contribution is 7.15. The van der Waals surface area contributed by atoms with Gasteiger partial charge in [-0.2, -0.15) is 0 Å². The van der Waals surface area contributed by atoms with Crippen LogP contribution in [0.2, 0.25) is 0 Å². The molecule has 0 aliphatic heterocycles. The molecule has 3 rings (SSSR count). The molecular formula is C16H20N2OS. The Balaban J connectivity index is 1.67. The van der Waals surface area contributed by atoms with E-state index in [1.807, 2.05) is 6.07 Å². The highest BCUT2D eigenvalue weighted by Crippen LogP contribution is 2.37. The largest absolute Gasteiger partial charge is 0.388 e. The van der Waals surface area contributed by atoms with Crippen molar-refractivity contribution in [1.29, 1.82) is 0 Å². The molecule has 1 N–H and O–H groups in total. The third-order valence-corrected chi connectivity index (χ3v) is 5.13. The summed E-state index contributed by atoms with van der Waals surface area (Å²) in [5.74, 6) is 0. The van der Waals surface area contributed by atoms with Gasteiger partial charge in [0.25, 0.3) is 0 Å². The van der Waals surface area contributed by atoms with Gasteiger partial charge in [-0.25, -0.2) is 4.98 Å². The minimum Gasteiger partial charge on any atom is -0.388 e. The van der Waals surface area contributed by atoms with Gasteiger partial charge in [0, 0.05) is 13.6 Å². The molecule has 0 spiro atoms. The quantitative estimate of drug-likeness (QED) is 0.938. The van der Waals surface area contributed by atoms with Crippen LogP contribution in [0.15, 0.2) is 30.3 Å². The standard InChI is InChI=1S/C16H20N2OS/c1-18(11-10-12-6-3-2-4-7-12)16-17-13-8-5-9-14(19)15(13)20-16/h2-4,6-7,14,19H,5,8-11H2,1H3. The molecule has 0 amide bonds. The van der Waals surface area contributed by atoms with Crippen LogP contribution in [0.4, 0.5) is 5.13 Å². The fraction of sp³-hybridized carbons (Fsp3) is 0.438. The number of aromatic nitrogens is 1. The van der Waals surface area contributed by atoms with Gasteiger partial charge in [-0.1, -0.05) is 41.7 Å². The van der Waals surface area contributed by atoms with E-state index in [2.05, 4.69) is 36.2 Å².